The molecule has 0 spiro atoms. The first-order valence-electron chi connectivity index (χ1n) is 17.4. The molecule has 0 aliphatic heterocycles. The van der Waals surface area contributed by atoms with Crippen LogP contribution in [0.2, 0.25) is 0 Å². The third kappa shape index (κ3) is 16.7. The van der Waals surface area contributed by atoms with Crippen molar-refractivity contribution in [2.75, 3.05) is 7.11 Å². The van der Waals surface area contributed by atoms with Gasteiger partial charge in [-0.3, -0.25) is 19.2 Å². The molecule has 3 aromatic carbocycles. The Morgan fingerprint density at radius 1 is 0.625 bits per heavy atom. The Morgan fingerprint density at radius 2 is 1.05 bits per heavy atom. The molecule has 0 aliphatic carbocycles. The predicted octanol–water partition coefficient (Wildman–Crippen LogP) is 4.16. The summed E-state index contributed by atoms with van der Waals surface area (Å²) in [7, 11) is 1.19. The van der Waals surface area contributed by atoms with Gasteiger partial charge in [0.25, 0.3) is 0 Å². The van der Waals surface area contributed by atoms with Gasteiger partial charge in [0.05, 0.1) is 20.0 Å². The molecule has 3 atom stereocenters. The van der Waals surface area contributed by atoms with Crippen molar-refractivity contribution in [1.82, 2.24) is 21.3 Å². The number of esters is 2. The molecule has 16 heteroatoms. The SMILES string of the molecule is COC(=O)C(C)(C)NC(=O)[C@H](C)NC(=O)Cc1cc(F)cc(F)c1.C[C@H](NC(=O)Cc1cc(F)cc(F)c1)C(=O)N[C@@H](Cc1ccccc1)C(=O)OC(C)(C)C. The molecule has 56 heavy (non-hydrogen) atoms. The van der Waals surface area contributed by atoms with Crippen LogP contribution in [-0.2, 0) is 57.5 Å². The van der Waals surface area contributed by atoms with E-state index < -0.39 is 88.1 Å². The lowest BCUT2D eigenvalue weighted by Crippen LogP contribution is -2.56. The van der Waals surface area contributed by atoms with Crippen LogP contribution in [0.3, 0.4) is 0 Å². The van der Waals surface area contributed by atoms with Crippen LogP contribution < -0.4 is 21.3 Å². The number of hydrogen-bond donors (Lipinski definition) is 4. The standard InChI is InChI=1S/C24H28F2N2O4.C16H20F2N2O4/c1-15(27-21(29)13-17-10-18(25)14-19(26)11-17)22(30)28-20(23(31)32-24(2,3)4)12-16-8-6-5-7-9-16;1-9(14(22)20-16(2,3)15(23)24-4)19-13(21)7-10-5-11(17)8-12(18)6-10/h5-11,14-15,20H,12-13H2,1-4H3,(H,27,29)(H,28,30);5-6,8-9H,7H2,1-4H3,(H,19,21)(H,20,22)/t15-,20-;9-/m00/s1. The highest BCUT2D eigenvalue weighted by atomic mass is 19.1. The second-order valence-electron chi connectivity index (χ2n) is 14.4. The van der Waals surface area contributed by atoms with Crippen LogP contribution in [0.1, 0.15) is 65.2 Å². The van der Waals surface area contributed by atoms with E-state index in [1.807, 2.05) is 30.3 Å². The fourth-order valence-electron chi connectivity index (χ4n) is 4.95. The molecule has 4 N–H and O–H groups in total. The molecular weight excluding hydrogens is 740 g/mol. The molecule has 0 heterocycles. The van der Waals surface area contributed by atoms with Gasteiger partial charge in [-0.25, -0.2) is 27.2 Å². The predicted molar refractivity (Wildman–Crippen MR) is 197 cm³/mol. The van der Waals surface area contributed by atoms with E-state index in [4.69, 9.17) is 4.74 Å². The fraction of sp³-hybridized carbons (Fsp3) is 0.400. The van der Waals surface area contributed by atoms with Gasteiger partial charge < -0.3 is 30.7 Å². The molecule has 0 saturated carbocycles. The van der Waals surface area contributed by atoms with Crippen molar-refractivity contribution in [1.29, 1.82) is 0 Å². The van der Waals surface area contributed by atoms with E-state index in [0.717, 1.165) is 29.8 Å². The number of nitrogens with one attached hydrogen (secondary N) is 4. The van der Waals surface area contributed by atoms with Gasteiger partial charge in [-0.05, 0) is 89.4 Å². The molecule has 0 fully saturated rings. The lowest BCUT2D eigenvalue weighted by molar-refractivity contribution is -0.158. The maximum atomic E-state index is 13.3. The maximum Gasteiger partial charge on any atom is 0.330 e. The molecule has 3 aromatic rings. The summed E-state index contributed by atoms with van der Waals surface area (Å²) in [5.74, 6) is -6.74. The van der Waals surface area contributed by atoms with Crippen molar-refractivity contribution in [3.8, 4) is 0 Å². The molecule has 12 nitrogen and oxygen atoms in total. The van der Waals surface area contributed by atoms with Crippen molar-refractivity contribution in [2.24, 2.45) is 0 Å². The zero-order valence-electron chi connectivity index (χ0n) is 32.5. The van der Waals surface area contributed by atoms with Crippen molar-refractivity contribution < 1.29 is 55.8 Å². The Morgan fingerprint density at radius 3 is 1.46 bits per heavy atom. The average molecular weight is 789 g/mol. The van der Waals surface area contributed by atoms with Crippen LogP contribution in [0.5, 0.6) is 0 Å². The third-order valence-electron chi connectivity index (χ3n) is 7.54. The van der Waals surface area contributed by atoms with Crippen LogP contribution in [0.4, 0.5) is 17.6 Å². The molecule has 0 radical (unpaired) electrons. The number of hydrogen-bond acceptors (Lipinski definition) is 8. The maximum absolute atomic E-state index is 13.3. The van der Waals surface area contributed by atoms with Gasteiger partial charge >= 0.3 is 11.9 Å². The second kappa shape index (κ2) is 20.8. The van der Waals surface area contributed by atoms with E-state index >= 15 is 0 Å². The summed E-state index contributed by atoms with van der Waals surface area (Å²) in [5, 5.41) is 9.95. The Kier molecular flexibility index (Phi) is 17.2. The Balaban J connectivity index is 0.000000404. The molecule has 3 rings (SSSR count). The number of carbonyl (C=O) groups excluding carboxylic acids is 6. The van der Waals surface area contributed by atoms with E-state index in [-0.39, 0.29) is 30.4 Å². The highest BCUT2D eigenvalue weighted by Gasteiger charge is 2.32. The number of halogens is 4. The number of carbonyl (C=O) groups is 6. The van der Waals surface area contributed by atoms with Crippen molar-refractivity contribution >= 4 is 35.6 Å². The van der Waals surface area contributed by atoms with Gasteiger partial charge in [0, 0.05) is 18.6 Å². The molecule has 0 bridgehead atoms. The van der Waals surface area contributed by atoms with Gasteiger partial charge in [0.2, 0.25) is 23.6 Å². The largest absolute Gasteiger partial charge is 0.467 e. The fourth-order valence-corrected chi connectivity index (χ4v) is 4.95. The Hall–Kier alpha value is -5.80. The van der Waals surface area contributed by atoms with Crippen molar-refractivity contribution in [2.45, 2.75) is 97.0 Å². The van der Waals surface area contributed by atoms with E-state index in [1.54, 1.807) is 20.8 Å². The number of rotatable bonds is 14. The van der Waals surface area contributed by atoms with E-state index in [0.29, 0.717) is 12.1 Å². The highest BCUT2D eigenvalue weighted by molar-refractivity contribution is 5.92. The van der Waals surface area contributed by atoms with E-state index in [1.165, 1.54) is 34.8 Å². The van der Waals surface area contributed by atoms with Crippen molar-refractivity contribution in [3.05, 3.63) is 107 Å². The van der Waals surface area contributed by atoms with Crippen LogP contribution in [0.25, 0.3) is 0 Å². The lowest BCUT2D eigenvalue weighted by atomic mass is 10.0. The van der Waals surface area contributed by atoms with Gasteiger partial charge in [-0.2, -0.15) is 0 Å². The first-order valence-corrected chi connectivity index (χ1v) is 17.4. The normalized spacial score (nSPS) is 12.7. The average Bonchev–Trinajstić information content (AvgIpc) is 3.06. The lowest BCUT2D eigenvalue weighted by Gasteiger charge is -2.25. The summed E-state index contributed by atoms with van der Waals surface area (Å²) in [6, 6.07) is 11.8. The second-order valence-corrected chi connectivity index (χ2v) is 14.4. The van der Waals surface area contributed by atoms with E-state index in [2.05, 4.69) is 26.0 Å². The molecule has 0 unspecified atom stereocenters. The topological polar surface area (TPSA) is 169 Å². The van der Waals surface area contributed by atoms with Crippen LogP contribution >= 0.6 is 0 Å². The van der Waals surface area contributed by atoms with Crippen LogP contribution in [-0.4, -0.2) is 71.9 Å². The zero-order valence-corrected chi connectivity index (χ0v) is 32.5. The summed E-state index contributed by atoms with van der Waals surface area (Å²) in [6.07, 6.45) is -0.372. The Labute approximate surface area is 323 Å². The van der Waals surface area contributed by atoms with Gasteiger partial charge in [-0.15, -0.1) is 0 Å². The quantitative estimate of drug-likeness (QED) is 0.140. The molecule has 4 amide bonds. The monoisotopic (exact) mass is 788 g/mol. The number of methoxy groups -OCH3 is 1. The summed E-state index contributed by atoms with van der Waals surface area (Å²) in [4.78, 5) is 73.0. The zero-order chi connectivity index (χ0) is 42.4. The molecular formula is C40H48F4N4O8. The highest BCUT2D eigenvalue weighted by Crippen LogP contribution is 2.13. The minimum atomic E-state index is -1.25. The smallest absolute Gasteiger partial charge is 0.330 e. The third-order valence-corrected chi connectivity index (χ3v) is 7.54. The Bertz CT molecular complexity index is 1830. The summed E-state index contributed by atoms with van der Waals surface area (Å²) in [5.41, 5.74) is -0.878. The van der Waals surface area contributed by atoms with Gasteiger partial charge in [-0.1, -0.05) is 30.3 Å². The molecule has 304 valence electrons. The van der Waals surface area contributed by atoms with Crippen LogP contribution in [0, 0.1) is 23.3 Å². The molecule has 0 aliphatic rings. The number of benzene rings is 3. The van der Waals surface area contributed by atoms with Gasteiger partial charge in [0.15, 0.2) is 0 Å². The minimum absolute atomic E-state index is 0.142. The summed E-state index contributed by atoms with van der Waals surface area (Å²) < 4.78 is 62.8. The number of amides is 4. The molecule has 0 aromatic heterocycles. The first-order chi connectivity index (χ1) is 26.0. The minimum Gasteiger partial charge on any atom is -0.467 e. The van der Waals surface area contributed by atoms with E-state index in [9.17, 15) is 46.3 Å². The van der Waals surface area contributed by atoms with Gasteiger partial charge in [0.1, 0.15) is 52.5 Å². The number of ether oxygens (including phenoxy) is 2. The first kappa shape index (κ1) is 46.4. The summed E-state index contributed by atoms with van der Waals surface area (Å²) in [6.45, 7) is 11.0. The molecule has 0 saturated heterocycles. The van der Waals surface area contributed by atoms with Crippen LogP contribution in [0.15, 0.2) is 66.7 Å². The summed E-state index contributed by atoms with van der Waals surface area (Å²) >= 11 is 0. The van der Waals surface area contributed by atoms with Crippen molar-refractivity contribution in [3.63, 3.8) is 0 Å².